The van der Waals surface area contributed by atoms with Gasteiger partial charge in [0.15, 0.2) is 0 Å². The van der Waals surface area contributed by atoms with E-state index in [0.717, 1.165) is 28.4 Å². The highest BCUT2D eigenvalue weighted by Crippen LogP contribution is 2.55. The number of fused-ring (bicyclic) bond motifs is 7. The first-order valence-corrected chi connectivity index (χ1v) is 20.8. The highest BCUT2D eigenvalue weighted by Gasteiger charge is 2.38. The van der Waals surface area contributed by atoms with Crippen molar-refractivity contribution in [3.05, 3.63) is 217 Å². The van der Waals surface area contributed by atoms with Crippen LogP contribution in [0.2, 0.25) is 0 Å². The van der Waals surface area contributed by atoms with Crippen LogP contribution in [-0.4, -0.2) is 0 Å². The molecule has 0 N–H and O–H groups in total. The van der Waals surface area contributed by atoms with Gasteiger partial charge in [0.1, 0.15) is 0 Å². The van der Waals surface area contributed by atoms with Crippen LogP contribution in [0.15, 0.2) is 206 Å². The van der Waals surface area contributed by atoms with Crippen LogP contribution in [0.1, 0.15) is 25.0 Å². The largest absolute Gasteiger partial charge is 0.310 e. The Hall–Kier alpha value is -6.94. The summed E-state index contributed by atoms with van der Waals surface area (Å²) in [5.41, 5.74) is 14.3. The lowest BCUT2D eigenvalue weighted by Gasteiger charge is -2.29. The Morgan fingerprint density at radius 1 is 0.379 bits per heavy atom. The maximum absolute atomic E-state index is 2.44. The van der Waals surface area contributed by atoms with Gasteiger partial charge in [-0.2, -0.15) is 0 Å². The SMILES string of the molecule is CC1(C)c2ccc(N(c3ccccc3)c3ccc4ccccc4c3)cc2-c2c(N(c3ccccc3)c3ccc(-c4ccc5sc6ccccc6c5c4)cc3)cccc21. The van der Waals surface area contributed by atoms with Crippen LogP contribution in [0, 0.1) is 0 Å². The van der Waals surface area contributed by atoms with Crippen molar-refractivity contribution >= 4 is 76.4 Å². The first-order valence-electron chi connectivity index (χ1n) is 20.0. The van der Waals surface area contributed by atoms with E-state index in [4.69, 9.17) is 0 Å². The van der Waals surface area contributed by atoms with Crippen LogP contribution in [-0.2, 0) is 5.41 Å². The van der Waals surface area contributed by atoms with E-state index in [9.17, 15) is 0 Å². The second kappa shape index (κ2) is 13.6. The molecule has 1 heterocycles. The van der Waals surface area contributed by atoms with Crippen molar-refractivity contribution in [2.75, 3.05) is 9.80 Å². The van der Waals surface area contributed by atoms with Gasteiger partial charge in [0.25, 0.3) is 0 Å². The van der Waals surface area contributed by atoms with E-state index < -0.39 is 0 Å². The van der Waals surface area contributed by atoms with Crippen LogP contribution >= 0.6 is 11.3 Å². The van der Waals surface area contributed by atoms with Gasteiger partial charge in [-0.1, -0.05) is 135 Å². The summed E-state index contributed by atoms with van der Waals surface area (Å²) in [7, 11) is 0. The Bertz CT molecular complexity index is 3140. The third-order valence-electron chi connectivity index (χ3n) is 12.0. The summed E-state index contributed by atoms with van der Waals surface area (Å²) in [4.78, 5) is 4.83. The van der Waals surface area contributed by atoms with Gasteiger partial charge in [0.05, 0.1) is 5.69 Å². The Morgan fingerprint density at radius 3 is 1.78 bits per heavy atom. The first kappa shape index (κ1) is 34.3. The van der Waals surface area contributed by atoms with Crippen molar-refractivity contribution in [3.8, 4) is 22.3 Å². The van der Waals surface area contributed by atoms with Gasteiger partial charge in [-0.05, 0) is 124 Å². The molecule has 1 aliphatic rings. The predicted molar refractivity (Wildman–Crippen MR) is 249 cm³/mol. The zero-order chi connectivity index (χ0) is 38.8. The smallest absolute Gasteiger partial charge is 0.0543 e. The molecule has 0 bridgehead atoms. The van der Waals surface area contributed by atoms with Crippen molar-refractivity contribution in [2.24, 2.45) is 0 Å². The van der Waals surface area contributed by atoms with Crippen LogP contribution in [0.5, 0.6) is 0 Å². The van der Waals surface area contributed by atoms with Crippen LogP contribution in [0.25, 0.3) is 53.2 Å². The minimum Gasteiger partial charge on any atom is -0.310 e. The number of nitrogens with zero attached hydrogens (tertiary/aromatic N) is 2. The molecule has 0 atom stereocenters. The van der Waals surface area contributed by atoms with E-state index in [1.54, 1.807) is 0 Å². The number of thiophene rings is 1. The molecule has 0 fully saturated rings. The predicted octanol–water partition coefficient (Wildman–Crippen LogP) is 16.1. The van der Waals surface area contributed by atoms with Crippen molar-refractivity contribution in [3.63, 3.8) is 0 Å². The minimum absolute atomic E-state index is 0.184. The fraction of sp³-hybridized carbons (Fsp3) is 0.0545. The van der Waals surface area contributed by atoms with Crippen molar-refractivity contribution in [2.45, 2.75) is 19.3 Å². The normalized spacial score (nSPS) is 12.8. The fourth-order valence-corrected chi connectivity index (χ4v) is 10.2. The molecule has 3 heteroatoms. The molecular formula is C55H40N2S. The van der Waals surface area contributed by atoms with Crippen molar-refractivity contribution in [1.82, 2.24) is 0 Å². The summed E-state index contributed by atoms with van der Waals surface area (Å²) in [6.07, 6.45) is 0. The Kier molecular flexibility index (Phi) is 8.06. The highest BCUT2D eigenvalue weighted by molar-refractivity contribution is 7.25. The van der Waals surface area contributed by atoms with Gasteiger partial charge in [0.2, 0.25) is 0 Å². The number of para-hydroxylation sites is 2. The molecule has 0 radical (unpaired) electrons. The third-order valence-corrected chi connectivity index (χ3v) is 13.2. The number of benzene rings is 9. The maximum Gasteiger partial charge on any atom is 0.0543 e. The lowest BCUT2D eigenvalue weighted by Crippen LogP contribution is -2.16. The third kappa shape index (κ3) is 5.62. The maximum atomic E-state index is 2.44. The first-order chi connectivity index (χ1) is 28.5. The number of anilines is 6. The summed E-state index contributed by atoms with van der Waals surface area (Å²) >= 11 is 1.86. The van der Waals surface area contributed by atoms with Gasteiger partial charge in [-0.3, -0.25) is 0 Å². The average Bonchev–Trinajstić information content (AvgIpc) is 3.76. The molecule has 0 saturated heterocycles. The lowest BCUT2D eigenvalue weighted by atomic mass is 9.82. The summed E-state index contributed by atoms with van der Waals surface area (Å²) in [5, 5.41) is 5.10. The second-order valence-electron chi connectivity index (χ2n) is 15.8. The average molecular weight is 761 g/mol. The van der Waals surface area contributed by atoms with Gasteiger partial charge in [-0.15, -0.1) is 11.3 Å². The summed E-state index contributed by atoms with van der Waals surface area (Å²) in [6.45, 7) is 4.74. The second-order valence-corrected chi connectivity index (χ2v) is 16.9. The van der Waals surface area contributed by atoms with Crippen LogP contribution in [0.3, 0.4) is 0 Å². The van der Waals surface area contributed by atoms with E-state index in [1.807, 2.05) is 11.3 Å². The van der Waals surface area contributed by atoms with Gasteiger partial charge < -0.3 is 9.80 Å². The molecule has 11 rings (SSSR count). The van der Waals surface area contributed by atoms with E-state index in [1.165, 1.54) is 70.0 Å². The van der Waals surface area contributed by atoms with Crippen molar-refractivity contribution in [1.29, 1.82) is 0 Å². The standard InChI is InChI=1S/C55H40N2S/c1-55(2)49-32-31-45(56(41-16-5-3-6-17-41)44-30-26-37-14-9-10-15-39(37)34-44)36-48(49)54-50(55)21-13-22-51(54)57(42-18-7-4-8-19-42)43-28-24-38(25-29-43)40-27-33-53-47(35-40)46-20-11-12-23-52(46)58-53/h3-36H,1-2H3. The monoisotopic (exact) mass is 760 g/mol. The molecule has 2 nitrogen and oxygen atoms in total. The molecule has 0 unspecified atom stereocenters. The molecule has 0 amide bonds. The number of hydrogen-bond donors (Lipinski definition) is 0. The highest BCUT2D eigenvalue weighted by atomic mass is 32.1. The van der Waals surface area contributed by atoms with E-state index >= 15 is 0 Å². The summed E-state index contributed by atoms with van der Waals surface area (Å²) in [6, 6.07) is 75.6. The molecular weight excluding hydrogens is 721 g/mol. The van der Waals surface area contributed by atoms with Gasteiger partial charge in [0, 0.05) is 59.6 Å². The molecule has 0 saturated carbocycles. The minimum atomic E-state index is -0.184. The van der Waals surface area contributed by atoms with Gasteiger partial charge in [-0.25, -0.2) is 0 Å². The summed E-state index contributed by atoms with van der Waals surface area (Å²) in [5.74, 6) is 0. The van der Waals surface area contributed by atoms with Crippen LogP contribution in [0.4, 0.5) is 34.1 Å². The number of rotatable bonds is 7. The van der Waals surface area contributed by atoms with E-state index in [0.29, 0.717) is 0 Å². The van der Waals surface area contributed by atoms with Crippen molar-refractivity contribution < 1.29 is 0 Å². The van der Waals surface area contributed by atoms with E-state index in [2.05, 4.69) is 230 Å². The molecule has 1 aromatic heterocycles. The Balaban J connectivity index is 1.05. The molecule has 10 aromatic rings. The Morgan fingerprint density at radius 2 is 0.983 bits per heavy atom. The molecule has 58 heavy (non-hydrogen) atoms. The topological polar surface area (TPSA) is 6.48 Å². The fourth-order valence-electron chi connectivity index (χ4n) is 9.15. The Labute approximate surface area is 343 Å². The van der Waals surface area contributed by atoms with Crippen LogP contribution < -0.4 is 9.80 Å². The lowest BCUT2D eigenvalue weighted by molar-refractivity contribution is 0.660. The zero-order valence-electron chi connectivity index (χ0n) is 32.4. The molecule has 1 aliphatic carbocycles. The zero-order valence-corrected chi connectivity index (χ0v) is 33.2. The molecule has 276 valence electrons. The molecule has 0 spiro atoms. The van der Waals surface area contributed by atoms with Gasteiger partial charge >= 0.3 is 0 Å². The molecule has 0 aliphatic heterocycles. The summed E-state index contributed by atoms with van der Waals surface area (Å²) < 4.78 is 2.66. The number of hydrogen-bond acceptors (Lipinski definition) is 3. The van der Waals surface area contributed by atoms with E-state index in [-0.39, 0.29) is 5.41 Å². The quantitative estimate of drug-likeness (QED) is 0.160. The molecule has 9 aromatic carbocycles.